The maximum Gasteiger partial charge on any atom is 0.346 e. The van der Waals surface area contributed by atoms with E-state index in [1.54, 1.807) is 11.9 Å². The molecule has 28 heavy (non-hydrogen) atoms. The van der Waals surface area contributed by atoms with E-state index in [0.717, 1.165) is 29.0 Å². The fourth-order valence-electron chi connectivity index (χ4n) is 3.16. The van der Waals surface area contributed by atoms with E-state index in [4.69, 9.17) is 4.74 Å². The third kappa shape index (κ3) is 4.07. The van der Waals surface area contributed by atoms with Crippen LogP contribution in [0.2, 0.25) is 0 Å². The highest BCUT2D eigenvalue weighted by molar-refractivity contribution is 7.52. The third-order valence-electron chi connectivity index (χ3n) is 4.99. The van der Waals surface area contributed by atoms with Gasteiger partial charge in [-0.15, -0.1) is 0 Å². The fraction of sp³-hybridized carbons (Fsp3) is 0.350. The number of hydrogen-bond donors (Lipinski definition) is 1. The summed E-state index contributed by atoms with van der Waals surface area (Å²) in [6, 6.07) is 13.2. The van der Waals surface area contributed by atoms with Gasteiger partial charge in [-0.05, 0) is 36.8 Å². The lowest BCUT2D eigenvalue weighted by Crippen LogP contribution is -2.19. The monoisotopic (exact) mass is 404 g/mol. The van der Waals surface area contributed by atoms with E-state index in [1.807, 2.05) is 49.5 Å². The van der Waals surface area contributed by atoms with E-state index in [9.17, 15) is 14.3 Å². The Hall–Kier alpha value is -2.34. The van der Waals surface area contributed by atoms with Gasteiger partial charge in [0.1, 0.15) is 6.29 Å². The second-order valence-electron chi connectivity index (χ2n) is 6.82. The van der Waals surface area contributed by atoms with Crippen molar-refractivity contribution in [3.05, 3.63) is 59.2 Å². The molecule has 0 saturated heterocycles. The Labute approximate surface area is 165 Å². The van der Waals surface area contributed by atoms with E-state index in [1.165, 1.54) is 7.11 Å². The molecule has 7 nitrogen and oxygen atoms in total. The highest BCUT2D eigenvalue weighted by atomic mass is 31.2. The molecule has 2 aromatic rings. The Kier molecular flexibility index (Phi) is 5.79. The summed E-state index contributed by atoms with van der Waals surface area (Å²) in [4.78, 5) is 25.7. The van der Waals surface area contributed by atoms with Crippen molar-refractivity contribution in [2.24, 2.45) is 0 Å². The van der Waals surface area contributed by atoms with Crippen molar-refractivity contribution in [1.29, 1.82) is 0 Å². The first-order chi connectivity index (χ1) is 13.3. The molecule has 150 valence electrons. The van der Waals surface area contributed by atoms with Crippen molar-refractivity contribution >= 4 is 24.9 Å². The molecule has 8 heteroatoms. The molecule has 0 fully saturated rings. The van der Waals surface area contributed by atoms with Gasteiger partial charge in [0.15, 0.2) is 6.10 Å². The van der Waals surface area contributed by atoms with Gasteiger partial charge in [0, 0.05) is 44.7 Å². The second kappa shape index (κ2) is 7.95. The number of hydrogen-bond acceptors (Lipinski definition) is 6. The topological polar surface area (TPSA) is 79.3 Å². The quantitative estimate of drug-likeness (QED) is 0.558. The summed E-state index contributed by atoms with van der Waals surface area (Å²) in [6.07, 6.45) is -0.566. The van der Waals surface area contributed by atoms with Gasteiger partial charge in [-0.3, -0.25) is 4.57 Å². The standard InChI is InChI=1S/C20H25N2O5P/c1-5-21(2)16-10-11-17-18(12-16)20(23)27-19(17)14-6-8-15(9-7-14)22(3)13-28(24,25)26-4/h6-12,19H,5,13H2,1-4H3,(H,24,25). The highest BCUT2D eigenvalue weighted by Gasteiger charge is 2.32. The highest BCUT2D eigenvalue weighted by Crippen LogP contribution is 2.42. The summed E-state index contributed by atoms with van der Waals surface area (Å²) in [5, 5.41) is 0. The van der Waals surface area contributed by atoms with Gasteiger partial charge in [-0.25, -0.2) is 4.79 Å². The van der Waals surface area contributed by atoms with Crippen LogP contribution in [0.5, 0.6) is 0 Å². The molecular formula is C20H25N2O5P. The Morgan fingerprint density at radius 2 is 1.75 bits per heavy atom. The van der Waals surface area contributed by atoms with Crippen molar-refractivity contribution in [2.45, 2.75) is 13.0 Å². The molecule has 2 atom stereocenters. The Balaban J connectivity index is 1.83. The van der Waals surface area contributed by atoms with Crippen molar-refractivity contribution in [3.63, 3.8) is 0 Å². The number of benzene rings is 2. The van der Waals surface area contributed by atoms with Gasteiger partial charge in [0.05, 0.1) is 5.56 Å². The number of rotatable bonds is 7. The Morgan fingerprint density at radius 1 is 1.11 bits per heavy atom. The fourth-order valence-corrected chi connectivity index (χ4v) is 3.98. The largest absolute Gasteiger partial charge is 0.449 e. The molecule has 3 rings (SSSR count). The normalized spacial score (nSPS) is 17.6. The van der Waals surface area contributed by atoms with Crippen molar-refractivity contribution in [1.82, 2.24) is 0 Å². The van der Waals surface area contributed by atoms with Gasteiger partial charge in [-0.2, -0.15) is 0 Å². The number of carbonyl (C=O) groups excluding carboxylic acids is 1. The van der Waals surface area contributed by atoms with Crippen molar-refractivity contribution < 1.29 is 23.5 Å². The number of anilines is 2. The van der Waals surface area contributed by atoms with Gasteiger partial charge in [0.25, 0.3) is 0 Å². The molecule has 0 aromatic heterocycles. The van der Waals surface area contributed by atoms with E-state index >= 15 is 0 Å². The number of carbonyl (C=O) groups is 1. The molecule has 1 N–H and O–H groups in total. The molecular weight excluding hydrogens is 379 g/mol. The van der Waals surface area contributed by atoms with E-state index in [-0.39, 0.29) is 12.3 Å². The minimum Gasteiger partial charge on any atom is -0.449 e. The van der Waals surface area contributed by atoms with Gasteiger partial charge < -0.3 is 24.0 Å². The van der Waals surface area contributed by atoms with Crippen LogP contribution < -0.4 is 9.80 Å². The zero-order chi connectivity index (χ0) is 20.5. The average Bonchev–Trinajstić information content (AvgIpc) is 3.03. The smallest absolute Gasteiger partial charge is 0.346 e. The Morgan fingerprint density at radius 3 is 2.36 bits per heavy atom. The summed E-state index contributed by atoms with van der Waals surface area (Å²) in [6.45, 7) is 2.89. The maximum absolute atomic E-state index is 12.4. The third-order valence-corrected chi connectivity index (χ3v) is 6.34. The lowest BCUT2D eigenvalue weighted by atomic mass is 9.98. The average molecular weight is 404 g/mol. The summed E-state index contributed by atoms with van der Waals surface area (Å²) in [5.74, 6) is -0.325. The molecule has 0 aliphatic carbocycles. The zero-order valence-corrected chi connectivity index (χ0v) is 17.3. The van der Waals surface area contributed by atoms with Gasteiger partial charge in [-0.1, -0.05) is 18.2 Å². The predicted octanol–water partition coefficient (Wildman–Crippen LogP) is 3.63. The second-order valence-corrected chi connectivity index (χ2v) is 8.74. The minimum absolute atomic E-state index is 0.113. The van der Waals surface area contributed by atoms with Crippen LogP contribution >= 0.6 is 7.60 Å². The van der Waals surface area contributed by atoms with Crippen LogP contribution in [0, 0.1) is 0 Å². The molecule has 1 aliphatic rings. The Bertz CT molecular complexity index is 915. The van der Waals surface area contributed by atoms with E-state index < -0.39 is 13.7 Å². The van der Waals surface area contributed by atoms with E-state index in [0.29, 0.717) is 5.56 Å². The van der Waals surface area contributed by atoms with Crippen molar-refractivity contribution in [2.75, 3.05) is 43.8 Å². The first-order valence-corrected chi connectivity index (χ1v) is 10.8. The molecule has 0 saturated carbocycles. The van der Waals surface area contributed by atoms with Crippen LogP contribution in [0.4, 0.5) is 11.4 Å². The first-order valence-electron chi connectivity index (χ1n) is 9.00. The number of cyclic esters (lactones) is 1. The number of nitrogens with zero attached hydrogens (tertiary/aromatic N) is 2. The molecule has 1 heterocycles. The van der Waals surface area contributed by atoms with Crippen molar-refractivity contribution in [3.8, 4) is 0 Å². The number of ether oxygens (including phenoxy) is 1. The zero-order valence-electron chi connectivity index (χ0n) is 16.5. The first kappa shape index (κ1) is 20.4. The molecule has 0 amide bonds. The molecule has 1 aliphatic heterocycles. The molecule has 0 radical (unpaired) electrons. The molecule has 0 bridgehead atoms. The molecule has 2 aromatic carbocycles. The predicted molar refractivity (Wildman–Crippen MR) is 109 cm³/mol. The summed E-state index contributed by atoms with van der Waals surface area (Å²) < 4.78 is 22.0. The summed E-state index contributed by atoms with van der Waals surface area (Å²) in [5.41, 5.74) is 4.02. The summed E-state index contributed by atoms with van der Waals surface area (Å²) >= 11 is 0. The number of esters is 1. The van der Waals surface area contributed by atoms with E-state index in [2.05, 4.69) is 16.3 Å². The maximum atomic E-state index is 12.4. The van der Waals surface area contributed by atoms with Crippen LogP contribution in [0.25, 0.3) is 0 Å². The lowest BCUT2D eigenvalue weighted by Gasteiger charge is -2.22. The lowest BCUT2D eigenvalue weighted by molar-refractivity contribution is 0.0456. The van der Waals surface area contributed by atoms with Crippen LogP contribution in [-0.4, -0.2) is 44.9 Å². The minimum atomic E-state index is -3.64. The molecule has 0 spiro atoms. The van der Waals surface area contributed by atoms with Gasteiger partial charge >= 0.3 is 13.6 Å². The van der Waals surface area contributed by atoms with Crippen LogP contribution in [-0.2, 0) is 13.8 Å². The summed E-state index contributed by atoms with van der Waals surface area (Å²) in [7, 11) is 1.26. The SMILES string of the molecule is CCN(C)c1ccc2c(c1)C(=O)OC2c1ccc(N(C)CP(=O)(O)OC)cc1. The van der Waals surface area contributed by atoms with Crippen LogP contribution in [0.15, 0.2) is 42.5 Å². The number of fused-ring (bicyclic) bond motifs is 1. The van der Waals surface area contributed by atoms with Crippen LogP contribution in [0.3, 0.4) is 0 Å². The molecule has 2 unspecified atom stereocenters. The van der Waals surface area contributed by atoms with Crippen LogP contribution in [0.1, 0.15) is 34.5 Å². The van der Waals surface area contributed by atoms with Gasteiger partial charge in [0.2, 0.25) is 0 Å².